The molecular weight excluding hydrogens is 418 g/mol. The number of nitrogens with zero attached hydrogens (tertiary/aromatic N) is 1. The summed E-state index contributed by atoms with van der Waals surface area (Å²) in [6.45, 7) is 0.778. The molecule has 2 aliphatic rings. The van der Waals surface area contributed by atoms with Crippen molar-refractivity contribution in [3.63, 3.8) is 0 Å². The summed E-state index contributed by atoms with van der Waals surface area (Å²) < 4.78 is 1.86. The lowest BCUT2D eigenvalue weighted by Gasteiger charge is -2.38. The minimum absolute atomic E-state index is 0.0705. The number of hydrogen-bond acceptors (Lipinski definition) is 3. The van der Waals surface area contributed by atoms with Crippen LogP contribution >= 0.6 is 43.2 Å². The van der Waals surface area contributed by atoms with Crippen molar-refractivity contribution in [1.82, 2.24) is 4.90 Å². The highest BCUT2D eigenvalue weighted by Crippen LogP contribution is 2.36. The highest BCUT2D eigenvalue weighted by Gasteiger charge is 2.39. The first-order valence-corrected chi connectivity index (χ1v) is 9.76. The van der Waals surface area contributed by atoms with Gasteiger partial charge in [0.1, 0.15) is 5.78 Å². The third kappa shape index (κ3) is 3.13. The SMILES string of the molecule is O=C1CCCC1C1CCCCN1C(=O)c1cc(Br)c(Br)s1. The minimum Gasteiger partial charge on any atom is -0.334 e. The van der Waals surface area contributed by atoms with Gasteiger partial charge in [-0.3, -0.25) is 9.59 Å². The van der Waals surface area contributed by atoms with Gasteiger partial charge in [-0.25, -0.2) is 0 Å². The largest absolute Gasteiger partial charge is 0.334 e. The quantitative estimate of drug-likeness (QED) is 0.679. The molecule has 1 amide bonds. The van der Waals surface area contributed by atoms with E-state index in [4.69, 9.17) is 0 Å². The van der Waals surface area contributed by atoms with E-state index in [0.29, 0.717) is 12.2 Å². The second kappa shape index (κ2) is 6.50. The van der Waals surface area contributed by atoms with Gasteiger partial charge in [-0.1, -0.05) is 0 Å². The molecule has 114 valence electrons. The molecule has 2 fully saturated rings. The predicted molar refractivity (Wildman–Crippen MR) is 90.7 cm³/mol. The molecular formula is C15H17Br2NO2S. The lowest BCUT2D eigenvalue weighted by Crippen LogP contribution is -2.48. The summed E-state index contributed by atoms with van der Waals surface area (Å²) in [6, 6.07) is 1.99. The summed E-state index contributed by atoms with van der Waals surface area (Å²) >= 11 is 8.34. The maximum Gasteiger partial charge on any atom is 0.264 e. The third-order valence-electron chi connectivity index (χ3n) is 4.48. The van der Waals surface area contributed by atoms with E-state index >= 15 is 0 Å². The predicted octanol–water partition coefficient (Wildman–Crippen LogP) is 4.64. The highest BCUT2D eigenvalue weighted by atomic mass is 79.9. The number of piperidine rings is 1. The molecule has 2 atom stereocenters. The molecule has 1 aromatic heterocycles. The first kappa shape index (κ1) is 15.7. The van der Waals surface area contributed by atoms with Crippen LogP contribution in [0.2, 0.25) is 0 Å². The van der Waals surface area contributed by atoms with Gasteiger partial charge < -0.3 is 4.90 Å². The second-order valence-electron chi connectivity index (χ2n) is 5.76. The van der Waals surface area contributed by atoms with Crippen LogP contribution in [0.25, 0.3) is 0 Å². The fourth-order valence-electron chi connectivity index (χ4n) is 3.47. The standard InChI is InChI=1S/C15H17Br2NO2S/c16-10-8-13(21-14(10)17)15(20)18-7-2-1-5-11(18)9-4-3-6-12(9)19/h8-9,11H,1-7H2. The maximum absolute atomic E-state index is 12.8. The van der Waals surface area contributed by atoms with Crippen molar-refractivity contribution in [2.24, 2.45) is 5.92 Å². The number of thiophene rings is 1. The Morgan fingerprint density at radius 3 is 2.67 bits per heavy atom. The van der Waals surface area contributed by atoms with Crippen LogP contribution in [0.4, 0.5) is 0 Å². The summed E-state index contributed by atoms with van der Waals surface area (Å²) in [5, 5.41) is 0. The lowest BCUT2D eigenvalue weighted by atomic mass is 9.88. The molecule has 6 heteroatoms. The molecule has 21 heavy (non-hydrogen) atoms. The van der Waals surface area contributed by atoms with Gasteiger partial charge in [0.2, 0.25) is 0 Å². The van der Waals surface area contributed by atoms with Gasteiger partial charge in [0.25, 0.3) is 5.91 Å². The fourth-order valence-corrected chi connectivity index (χ4v) is 5.46. The molecule has 1 aromatic rings. The van der Waals surface area contributed by atoms with Crippen LogP contribution in [-0.2, 0) is 4.79 Å². The normalized spacial score (nSPS) is 26.4. The summed E-state index contributed by atoms with van der Waals surface area (Å²) in [7, 11) is 0. The molecule has 0 bridgehead atoms. The molecule has 1 aliphatic heterocycles. The second-order valence-corrected chi connectivity index (χ2v) is 8.98. The fraction of sp³-hybridized carbons (Fsp3) is 0.600. The van der Waals surface area contributed by atoms with E-state index in [-0.39, 0.29) is 17.9 Å². The van der Waals surface area contributed by atoms with Crippen LogP contribution in [0.5, 0.6) is 0 Å². The molecule has 0 spiro atoms. The van der Waals surface area contributed by atoms with Crippen LogP contribution in [0.15, 0.2) is 14.3 Å². The summed E-state index contributed by atoms with van der Waals surface area (Å²) in [4.78, 5) is 27.6. The Balaban J connectivity index is 1.83. The van der Waals surface area contributed by atoms with Crippen molar-refractivity contribution < 1.29 is 9.59 Å². The van der Waals surface area contributed by atoms with Crippen LogP contribution in [0.3, 0.4) is 0 Å². The number of Topliss-reactive ketones (excluding diaryl/α,β-unsaturated/α-hetero) is 1. The molecule has 0 aromatic carbocycles. The number of halogens is 2. The average Bonchev–Trinajstić information content (AvgIpc) is 3.05. The molecule has 2 heterocycles. The number of hydrogen-bond donors (Lipinski definition) is 0. The van der Waals surface area contributed by atoms with Gasteiger partial charge in [0, 0.05) is 29.4 Å². The Bertz CT molecular complexity index is 553. The van der Waals surface area contributed by atoms with Gasteiger partial charge in [-0.15, -0.1) is 11.3 Å². The van der Waals surface area contributed by atoms with Gasteiger partial charge in [0.05, 0.1) is 8.66 Å². The topological polar surface area (TPSA) is 37.4 Å². The Hall–Kier alpha value is -0.200. The maximum atomic E-state index is 12.8. The monoisotopic (exact) mass is 433 g/mol. The molecule has 3 nitrogen and oxygen atoms in total. The van der Waals surface area contributed by atoms with Crippen molar-refractivity contribution >= 4 is 54.9 Å². The molecule has 2 unspecified atom stereocenters. The van der Waals surface area contributed by atoms with E-state index in [1.54, 1.807) is 0 Å². The van der Waals surface area contributed by atoms with E-state index in [1.807, 2.05) is 11.0 Å². The number of likely N-dealkylation sites (tertiary alicyclic amines) is 1. The molecule has 1 saturated carbocycles. The summed E-state index contributed by atoms with van der Waals surface area (Å²) in [5.74, 6) is 0.505. The van der Waals surface area contributed by atoms with E-state index < -0.39 is 0 Å². The Morgan fingerprint density at radius 1 is 1.24 bits per heavy atom. The Labute approximate surface area is 145 Å². The molecule has 3 rings (SSSR count). The van der Waals surface area contributed by atoms with Crippen LogP contribution in [-0.4, -0.2) is 29.2 Å². The number of carbonyl (C=O) groups is 2. The van der Waals surface area contributed by atoms with Gasteiger partial charge >= 0.3 is 0 Å². The van der Waals surface area contributed by atoms with E-state index in [0.717, 1.165) is 51.8 Å². The molecule has 1 aliphatic carbocycles. The van der Waals surface area contributed by atoms with Crippen molar-refractivity contribution in [2.45, 2.75) is 44.6 Å². The number of rotatable bonds is 2. The summed E-state index contributed by atoms with van der Waals surface area (Å²) in [6.07, 6.45) is 5.76. The number of amides is 1. The minimum atomic E-state index is 0.0705. The van der Waals surface area contributed by atoms with Crippen molar-refractivity contribution in [3.05, 3.63) is 19.2 Å². The third-order valence-corrected chi connectivity index (χ3v) is 7.73. The smallest absolute Gasteiger partial charge is 0.264 e. The van der Waals surface area contributed by atoms with Crippen molar-refractivity contribution in [1.29, 1.82) is 0 Å². The molecule has 0 N–H and O–H groups in total. The number of ketones is 1. The van der Waals surface area contributed by atoms with Gasteiger partial charge in [0.15, 0.2) is 0 Å². The van der Waals surface area contributed by atoms with Gasteiger partial charge in [-0.2, -0.15) is 0 Å². The average molecular weight is 435 g/mol. The number of carbonyl (C=O) groups excluding carboxylic acids is 2. The summed E-state index contributed by atoms with van der Waals surface area (Å²) in [5.41, 5.74) is 0. The van der Waals surface area contributed by atoms with Gasteiger partial charge in [-0.05, 0) is 70.0 Å². The first-order valence-electron chi connectivity index (χ1n) is 7.36. The van der Waals surface area contributed by atoms with E-state index in [2.05, 4.69) is 31.9 Å². The van der Waals surface area contributed by atoms with Crippen LogP contribution in [0.1, 0.15) is 48.2 Å². The van der Waals surface area contributed by atoms with Crippen LogP contribution < -0.4 is 0 Å². The zero-order chi connectivity index (χ0) is 15.0. The highest BCUT2D eigenvalue weighted by molar-refractivity contribution is 9.13. The Morgan fingerprint density at radius 2 is 2.05 bits per heavy atom. The zero-order valence-electron chi connectivity index (χ0n) is 11.6. The lowest BCUT2D eigenvalue weighted by molar-refractivity contribution is -0.122. The van der Waals surface area contributed by atoms with Crippen LogP contribution in [0, 0.1) is 5.92 Å². The molecule has 0 radical (unpaired) electrons. The van der Waals surface area contributed by atoms with Crippen molar-refractivity contribution in [2.75, 3.05) is 6.54 Å². The van der Waals surface area contributed by atoms with E-state index in [1.165, 1.54) is 11.3 Å². The zero-order valence-corrected chi connectivity index (χ0v) is 15.6. The van der Waals surface area contributed by atoms with E-state index in [9.17, 15) is 9.59 Å². The molecule has 1 saturated heterocycles. The first-order chi connectivity index (χ1) is 10.1. The Kier molecular flexibility index (Phi) is 4.86. The van der Waals surface area contributed by atoms with Crippen molar-refractivity contribution in [3.8, 4) is 0 Å².